The van der Waals surface area contributed by atoms with Crippen molar-refractivity contribution < 1.29 is 43.4 Å². The zero-order valence-electron chi connectivity index (χ0n) is 43.0. The number of nitrogens with one attached hydrogen (secondary N) is 1. The zero-order chi connectivity index (χ0) is 52.6. The van der Waals surface area contributed by atoms with E-state index in [2.05, 4.69) is 73.7 Å². The Bertz CT molecular complexity index is 3910. The molecule has 0 aliphatic carbocycles. The van der Waals surface area contributed by atoms with E-state index in [4.69, 9.17) is 43.1 Å². The molecule has 15 heteroatoms. The molecule has 0 atom stereocenters. The summed E-state index contributed by atoms with van der Waals surface area (Å²) in [6.07, 6.45) is 5.47. The van der Waals surface area contributed by atoms with Gasteiger partial charge in [0.1, 0.15) is 12.4 Å². The van der Waals surface area contributed by atoms with E-state index in [-0.39, 0.29) is 13.2 Å². The molecule has 0 aliphatic rings. The Morgan fingerprint density at radius 2 is 0.842 bits per heavy atom. The lowest BCUT2D eigenvalue weighted by Gasteiger charge is -2.17. The van der Waals surface area contributed by atoms with Gasteiger partial charge in [-0.05, 0) is 78.4 Å². The van der Waals surface area contributed by atoms with Crippen LogP contribution in [-0.2, 0) is 19.9 Å². The van der Waals surface area contributed by atoms with E-state index in [1.165, 1.54) is 5.39 Å². The molecule has 12 rings (SSSR count). The summed E-state index contributed by atoms with van der Waals surface area (Å²) in [4.78, 5) is 18.0. The highest BCUT2D eigenvalue weighted by molar-refractivity contribution is 6.14. The van der Waals surface area contributed by atoms with E-state index in [0.717, 1.165) is 93.8 Å². The Morgan fingerprint density at radius 1 is 0.421 bits per heavy atom. The third-order valence-corrected chi connectivity index (χ3v) is 14.1. The molecule has 0 radical (unpaired) electrons. The van der Waals surface area contributed by atoms with Crippen LogP contribution in [0.3, 0.4) is 0 Å². The highest BCUT2D eigenvalue weighted by Crippen LogP contribution is 2.46. The van der Waals surface area contributed by atoms with E-state index in [1.54, 1.807) is 49.8 Å². The van der Waals surface area contributed by atoms with Gasteiger partial charge in [0.2, 0.25) is 11.5 Å². The van der Waals surface area contributed by atoms with Crippen molar-refractivity contribution in [3.8, 4) is 74.0 Å². The number of pyridine rings is 3. The minimum absolute atomic E-state index is 0.253. The number of aromatic amines is 1. The first kappa shape index (κ1) is 48.9. The van der Waals surface area contributed by atoms with Gasteiger partial charge in [0.05, 0.1) is 108 Å². The second-order valence-electron chi connectivity index (χ2n) is 17.9. The fourth-order valence-electron chi connectivity index (χ4n) is 10.6. The van der Waals surface area contributed by atoms with E-state index in [0.29, 0.717) is 58.0 Å². The van der Waals surface area contributed by atoms with Crippen LogP contribution in [0.4, 0.5) is 0 Å². The second kappa shape index (κ2) is 20.5. The van der Waals surface area contributed by atoms with Crippen LogP contribution >= 0.6 is 0 Å². The minimum atomic E-state index is -0.257. The largest absolute Gasteiger partial charge is 0.496 e. The third kappa shape index (κ3) is 8.13. The summed E-state index contributed by atoms with van der Waals surface area (Å²) in [6, 6.07) is 42.5. The summed E-state index contributed by atoms with van der Waals surface area (Å²) in [6.45, 7) is -0.0843. The summed E-state index contributed by atoms with van der Waals surface area (Å²) in [5.74, 6) is 3.85. The molecule has 0 aliphatic heterocycles. The summed E-state index contributed by atoms with van der Waals surface area (Å²) in [5, 5.41) is 27.0. The summed E-state index contributed by atoms with van der Waals surface area (Å²) in [7, 11) is 11.2. The summed E-state index contributed by atoms with van der Waals surface area (Å²) in [5.41, 5.74) is 12.0. The van der Waals surface area contributed by atoms with Gasteiger partial charge in [0.15, 0.2) is 23.0 Å². The molecular weight excluding hydrogens is 961 g/mol. The number of para-hydroxylation sites is 3. The summed E-state index contributed by atoms with van der Waals surface area (Å²) >= 11 is 0. The molecule has 12 aromatic rings. The van der Waals surface area contributed by atoms with Gasteiger partial charge in [-0.15, -0.1) is 0 Å². The van der Waals surface area contributed by atoms with Gasteiger partial charge in [-0.25, -0.2) is 0 Å². The molecule has 382 valence electrons. The van der Waals surface area contributed by atoms with Gasteiger partial charge < -0.3 is 57.5 Å². The normalized spacial score (nSPS) is 11.4. The molecule has 0 bridgehead atoms. The van der Waals surface area contributed by atoms with E-state index in [1.807, 2.05) is 91.4 Å². The van der Waals surface area contributed by atoms with Crippen LogP contribution < -0.4 is 33.2 Å². The number of aliphatic hydroxyl groups excluding tert-OH is 2. The molecular formula is C61H54N6O9. The van der Waals surface area contributed by atoms with E-state index < -0.39 is 0 Å². The Labute approximate surface area is 437 Å². The van der Waals surface area contributed by atoms with Crippen molar-refractivity contribution in [3.05, 3.63) is 157 Å². The minimum Gasteiger partial charge on any atom is -0.496 e. The van der Waals surface area contributed by atoms with E-state index >= 15 is 0 Å². The van der Waals surface area contributed by atoms with Crippen LogP contribution in [0.15, 0.2) is 146 Å². The quantitative estimate of drug-likeness (QED) is 0.0944. The number of hydrogen-bond acceptors (Lipinski definition) is 12. The predicted octanol–water partition coefficient (Wildman–Crippen LogP) is 12.0. The molecule has 15 nitrogen and oxygen atoms in total. The molecule has 76 heavy (non-hydrogen) atoms. The summed E-state index contributed by atoms with van der Waals surface area (Å²) < 4.78 is 43.7. The van der Waals surface area contributed by atoms with Crippen LogP contribution in [0.1, 0.15) is 11.1 Å². The second-order valence-corrected chi connectivity index (χ2v) is 17.9. The van der Waals surface area contributed by atoms with Gasteiger partial charge in [0.25, 0.3) is 0 Å². The first-order chi connectivity index (χ1) is 37.3. The maximum absolute atomic E-state index is 10.3. The third-order valence-electron chi connectivity index (χ3n) is 14.1. The van der Waals surface area contributed by atoms with Crippen molar-refractivity contribution in [3.63, 3.8) is 0 Å². The number of benzene rings is 6. The highest BCUT2D eigenvalue weighted by atomic mass is 16.5. The van der Waals surface area contributed by atoms with Crippen molar-refractivity contribution in [2.45, 2.75) is 19.9 Å². The number of methoxy groups -OCH3 is 7. The number of ether oxygens (including phenoxy) is 7. The number of aromatic nitrogens is 6. The molecule has 0 spiro atoms. The van der Waals surface area contributed by atoms with Crippen LogP contribution in [0.2, 0.25) is 0 Å². The molecule has 6 aromatic heterocycles. The van der Waals surface area contributed by atoms with Crippen molar-refractivity contribution >= 4 is 65.4 Å². The number of aliphatic hydroxyl groups is 2. The van der Waals surface area contributed by atoms with Crippen LogP contribution in [0.5, 0.6) is 40.2 Å². The number of fused-ring (bicyclic) bond motifs is 9. The maximum atomic E-state index is 10.3. The molecule has 0 unspecified atom stereocenters. The van der Waals surface area contributed by atoms with Crippen LogP contribution in [0.25, 0.3) is 99.2 Å². The Balaban J connectivity index is 0.000000206. The first-order valence-corrected chi connectivity index (χ1v) is 24.4. The van der Waals surface area contributed by atoms with Gasteiger partial charge in [-0.3, -0.25) is 15.0 Å². The predicted molar refractivity (Wildman–Crippen MR) is 297 cm³/mol. The zero-order valence-corrected chi connectivity index (χ0v) is 43.0. The van der Waals surface area contributed by atoms with Gasteiger partial charge in [-0.1, -0.05) is 54.6 Å². The smallest absolute Gasteiger partial charge is 0.203 e. The average molecular weight is 1020 g/mol. The van der Waals surface area contributed by atoms with Gasteiger partial charge in [0, 0.05) is 78.7 Å². The lowest BCUT2D eigenvalue weighted by Crippen LogP contribution is -2.09. The highest BCUT2D eigenvalue weighted by Gasteiger charge is 2.24. The van der Waals surface area contributed by atoms with Gasteiger partial charge >= 0.3 is 0 Å². The number of nitrogens with zero attached hydrogens (tertiary/aromatic N) is 5. The first-order valence-electron chi connectivity index (χ1n) is 24.4. The molecule has 3 N–H and O–H groups in total. The van der Waals surface area contributed by atoms with Crippen molar-refractivity contribution in [2.24, 2.45) is 0 Å². The number of H-pyrrole nitrogens is 1. The van der Waals surface area contributed by atoms with Gasteiger partial charge in [-0.2, -0.15) is 0 Å². The van der Waals surface area contributed by atoms with Crippen molar-refractivity contribution in [1.82, 2.24) is 29.1 Å². The molecule has 0 fully saturated rings. The number of rotatable bonds is 14. The standard InChI is InChI=1S/C41H36N4O6.C20H18N2O3/c1-48-34-18-24(17-26(21-46)31(34)22-47)37-39-29(13-15-42-37)27-9-5-7-11-32(27)44(39)23-45-33-12-8-6-10-28(33)30-14-16-43-38(40(30)45)25-19-35(49-2)41(51-4)36(20-25)50-3;1-23-16-10-12(11-17(24-2)20(16)25-3)18-19-14(8-9-21-18)13-6-4-5-7-15(13)22-19/h5-20,46-47H,21-23H2,1-4H3;4-11,22H,1-3H3. The monoisotopic (exact) mass is 1010 g/mol. The Morgan fingerprint density at radius 3 is 1.32 bits per heavy atom. The average Bonchev–Trinajstić information content (AvgIpc) is 4.25. The SMILES string of the molecule is COc1cc(-c2nccc3c2[nH]c2ccccc23)cc(OC)c1OC.COc1cc(-c2nccc3c4ccccc4n(Cn4c5ccccc5c5ccnc(-c6cc(OC)c(OC)c(OC)c6)c54)c23)cc(CO)c1CO. The van der Waals surface area contributed by atoms with E-state index in [9.17, 15) is 10.2 Å². The van der Waals surface area contributed by atoms with Crippen LogP contribution in [-0.4, -0.2) is 89.1 Å². The lowest BCUT2D eigenvalue weighted by atomic mass is 10.00. The molecule has 6 heterocycles. The molecule has 0 saturated carbocycles. The molecule has 6 aromatic carbocycles. The molecule has 0 amide bonds. The number of hydrogen-bond donors (Lipinski definition) is 3. The topological polar surface area (TPSA) is 169 Å². The fraction of sp³-hybridized carbons (Fsp3) is 0.164. The lowest BCUT2D eigenvalue weighted by molar-refractivity contribution is 0.254. The van der Waals surface area contributed by atoms with Crippen LogP contribution in [0, 0.1) is 0 Å². The Kier molecular flexibility index (Phi) is 13.2. The fourth-order valence-corrected chi connectivity index (χ4v) is 10.6. The molecule has 0 saturated heterocycles. The maximum Gasteiger partial charge on any atom is 0.203 e. The Hall–Kier alpha value is -9.31. The van der Waals surface area contributed by atoms with Crippen molar-refractivity contribution in [1.29, 1.82) is 0 Å². The van der Waals surface area contributed by atoms with Crippen molar-refractivity contribution in [2.75, 3.05) is 49.8 Å².